The first-order valence-corrected chi connectivity index (χ1v) is 6.98. The number of hydrogen-bond donors (Lipinski definition) is 2. The van der Waals surface area contributed by atoms with Crippen LogP contribution in [0.4, 0.5) is 11.8 Å². The third kappa shape index (κ3) is 3.11. The van der Waals surface area contributed by atoms with Gasteiger partial charge in [0.25, 0.3) is 0 Å². The Morgan fingerprint density at radius 2 is 2.32 bits per heavy atom. The highest BCUT2D eigenvalue weighted by Crippen LogP contribution is 2.27. The number of hydrogen-bond acceptors (Lipinski definition) is 6. The molecule has 7 heteroatoms. The monoisotopic (exact) mass is 279 g/mol. The van der Waals surface area contributed by atoms with E-state index in [4.69, 9.17) is 5.73 Å². The zero-order chi connectivity index (χ0) is 13.8. The van der Waals surface area contributed by atoms with Crippen molar-refractivity contribution < 1.29 is 4.79 Å². The Morgan fingerprint density at radius 3 is 3.05 bits per heavy atom. The van der Waals surface area contributed by atoms with E-state index < -0.39 is 0 Å². The fourth-order valence-corrected chi connectivity index (χ4v) is 2.52. The number of rotatable bonds is 5. The normalized spacial score (nSPS) is 10.6. The van der Waals surface area contributed by atoms with Crippen LogP contribution in [0.5, 0.6) is 0 Å². The molecule has 0 fully saturated rings. The van der Waals surface area contributed by atoms with Crippen molar-refractivity contribution in [3.63, 3.8) is 0 Å². The number of anilines is 2. The molecule has 2 aromatic rings. The summed E-state index contributed by atoms with van der Waals surface area (Å²) >= 11 is 1.51. The molecule has 0 aliphatic rings. The first kappa shape index (κ1) is 13.5. The number of aromatic nitrogens is 2. The van der Waals surface area contributed by atoms with Gasteiger partial charge in [-0.1, -0.05) is 6.92 Å². The van der Waals surface area contributed by atoms with Gasteiger partial charge in [0.1, 0.15) is 10.6 Å². The highest BCUT2D eigenvalue weighted by Gasteiger charge is 2.14. The number of nitrogens with zero attached hydrogens (tertiary/aromatic N) is 3. The van der Waals surface area contributed by atoms with Gasteiger partial charge in [0, 0.05) is 13.6 Å². The molecule has 0 radical (unpaired) electrons. The summed E-state index contributed by atoms with van der Waals surface area (Å²) in [6.45, 7) is 2.96. The lowest BCUT2D eigenvalue weighted by molar-refractivity contribution is -0.119. The Labute approximate surface area is 115 Å². The summed E-state index contributed by atoms with van der Waals surface area (Å²) in [7, 11) is 1.82. The molecule has 6 nitrogen and oxygen atoms in total. The molecule has 2 heterocycles. The average Bonchev–Trinajstić information content (AvgIpc) is 2.83. The van der Waals surface area contributed by atoms with Gasteiger partial charge in [-0.25, -0.2) is 4.98 Å². The van der Waals surface area contributed by atoms with Crippen LogP contribution in [0.2, 0.25) is 0 Å². The topological polar surface area (TPSA) is 84.1 Å². The molecule has 1 amide bonds. The lowest BCUT2D eigenvalue weighted by atomic mass is 10.3. The second-order valence-corrected chi connectivity index (χ2v) is 5.15. The maximum Gasteiger partial charge on any atom is 0.239 e. The molecule has 2 aromatic heterocycles. The van der Waals surface area contributed by atoms with Gasteiger partial charge in [-0.2, -0.15) is 4.98 Å². The summed E-state index contributed by atoms with van der Waals surface area (Å²) in [5, 5.41) is 5.70. The summed E-state index contributed by atoms with van der Waals surface area (Å²) in [5.41, 5.74) is 5.69. The zero-order valence-electron chi connectivity index (χ0n) is 11.0. The minimum absolute atomic E-state index is 0.0232. The molecule has 0 atom stereocenters. The van der Waals surface area contributed by atoms with E-state index in [9.17, 15) is 4.79 Å². The van der Waals surface area contributed by atoms with Crippen molar-refractivity contribution in [3.05, 3.63) is 11.4 Å². The van der Waals surface area contributed by atoms with Crippen LogP contribution >= 0.6 is 11.3 Å². The van der Waals surface area contributed by atoms with E-state index >= 15 is 0 Å². The smallest absolute Gasteiger partial charge is 0.239 e. The second-order valence-electron chi connectivity index (χ2n) is 4.25. The molecule has 0 aliphatic carbocycles. The van der Waals surface area contributed by atoms with Crippen LogP contribution in [-0.4, -0.2) is 36.0 Å². The first-order valence-electron chi connectivity index (χ1n) is 6.10. The van der Waals surface area contributed by atoms with Gasteiger partial charge >= 0.3 is 0 Å². The number of nitrogens with two attached hydrogens (primary N) is 1. The molecule has 0 bridgehead atoms. The predicted octanol–water partition coefficient (Wildman–Crippen LogP) is 1.24. The Balaban J connectivity index is 2.18. The first-order chi connectivity index (χ1) is 9.11. The van der Waals surface area contributed by atoms with Crippen LogP contribution in [0.25, 0.3) is 10.2 Å². The molecular formula is C12H17N5OS. The predicted molar refractivity (Wildman–Crippen MR) is 78.4 cm³/mol. The molecule has 0 aliphatic heterocycles. The van der Waals surface area contributed by atoms with E-state index in [1.165, 1.54) is 11.3 Å². The van der Waals surface area contributed by atoms with E-state index in [2.05, 4.69) is 15.3 Å². The number of nitrogen functional groups attached to an aromatic ring is 1. The lowest BCUT2D eigenvalue weighted by Gasteiger charge is -2.18. The van der Waals surface area contributed by atoms with Crippen LogP contribution in [-0.2, 0) is 4.79 Å². The number of carbonyl (C=O) groups excluding carboxylic acids is 1. The number of thiophene rings is 1. The van der Waals surface area contributed by atoms with Crippen molar-refractivity contribution in [2.45, 2.75) is 13.3 Å². The van der Waals surface area contributed by atoms with Crippen molar-refractivity contribution in [1.29, 1.82) is 0 Å². The lowest BCUT2D eigenvalue weighted by Crippen LogP contribution is -2.36. The Hall–Kier alpha value is -1.89. The largest absolute Gasteiger partial charge is 0.368 e. The molecule has 0 unspecified atom stereocenters. The van der Waals surface area contributed by atoms with Gasteiger partial charge in [-0.05, 0) is 17.9 Å². The standard InChI is InChI=1S/C12H17N5OS/c1-3-5-14-9(18)7-17(2)10-8-4-6-19-11(8)16-12(13)15-10/h4,6H,3,5,7H2,1-2H3,(H,14,18)(H2,13,15,16). The van der Waals surface area contributed by atoms with E-state index in [1.807, 2.05) is 25.4 Å². The summed E-state index contributed by atoms with van der Waals surface area (Å²) in [6, 6.07) is 1.94. The zero-order valence-corrected chi connectivity index (χ0v) is 11.8. The van der Waals surface area contributed by atoms with Crippen LogP contribution in [0, 0.1) is 0 Å². The maximum atomic E-state index is 11.7. The Kier molecular flexibility index (Phi) is 4.16. The molecule has 0 spiro atoms. The van der Waals surface area contributed by atoms with Gasteiger partial charge in [0.15, 0.2) is 0 Å². The number of amides is 1. The van der Waals surface area contributed by atoms with Crippen molar-refractivity contribution in [2.24, 2.45) is 0 Å². The molecule has 102 valence electrons. The number of fused-ring (bicyclic) bond motifs is 1. The van der Waals surface area contributed by atoms with E-state index in [0.29, 0.717) is 12.4 Å². The van der Waals surface area contributed by atoms with E-state index in [0.717, 1.165) is 16.6 Å². The van der Waals surface area contributed by atoms with Gasteiger partial charge in [0.2, 0.25) is 11.9 Å². The van der Waals surface area contributed by atoms with Crippen molar-refractivity contribution in [1.82, 2.24) is 15.3 Å². The molecular weight excluding hydrogens is 262 g/mol. The van der Waals surface area contributed by atoms with Crippen LogP contribution < -0.4 is 16.0 Å². The fourth-order valence-electron chi connectivity index (χ4n) is 1.76. The van der Waals surface area contributed by atoms with Crippen LogP contribution in [0.15, 0.2) is 11.4 Å². The Morgan fingerprint density at radius 1 is 1.53 bits per heavy atom. The number of likely N-dealkylation sites (N-methyl/N-ethyl adjacent to an activating group) is 1. The van der Waals surface area contributed by atoms with E-state index in [-0.39, 0.29) is 18.4 Å². The number of carbonyl (C=O) groups is 1. The molecule has 0 saturated carbocycles. The van der Waals surface area contributed by atoms with Crippen LogP contribution in [0.3, 0.4) is 0 Å². The van der Waals surface area contributed by atoms with E-state index in [1.54, 1.807) is 4.90 Å². The third-order valence-corrected chi connectivity index (χ3v) is 3.44. The minimum atomic E-state index is -0.0232. The van der Waals surface area contributed by atoms with Crippen molar-refractivity contribution in [3.8, 4) is 0 Å². The third-order valence-electron chi connectivity index (χ3n) is 2.64. The summed E-state index contributed by atoms with van der Waals surface area (Å²) < 4.78 is 0. The molecule has 3 N–H and O–H groups in total. The van der Waals surface area contributed by atoms with Gasteiger partial charge in [-0.3, -0.25) is 4.79 Å². The van der Waals surface area contributed by atoms with Crippen molar-refractivity contribution in [2.75, 3.05) is 30.8 Å². The fraction of sp³-hybridized carbons (Fsp3) is 0.417. The molecule has 19 heavy (non-hydrogen) atoms. The second kappa shape index (κ2) is 5.83. The SMILES string of the molecule is CCCNC(=O)CN(C)c1nc(N)nc2sccc12. The molecule has 0 saturated heterocycles. The average molecular weight is 279 g/mol. The Bertz CT molecular complexity index is 583. The molecule has 2 rings (SSSR count). The molecule has 0 aromatic carbocycles. The van der Waals surface area contributed by atoms with Gasteiger partial charge < -0.3 is 16.0 Å². The minimum Gasteiger partial charge on any atom is -0.368 e. The van der Waals surface area contributed by atoms with Gasteiger partial charge in [0.05, 0.1) is 11.9 Å². The van der Waals surface area contributed by atoms with Gasteiger partial charge in [-0.15, -0.1) is 11.3 Å². The summed E-state index contributed by atoms with van der Waals surface area (Å²) in [4.78, 5) is 22.7. The summed E-state index contributed by atoms with van der Waals surface area (Å²) in [5.74, 6) is 0.895. The van der Waals surface area contributed by atoms with Crippen molar-refractivity contribution >= 4 is 39.2 Å². The quantitative estimate of drug-likeness (QED) is 0.860. The highest BCUT2D eigenvalue weighted by molar-refractivity contribution is 7.16. The number of nitrogens with one attached hydrogen (secondary N) is 1. The maximum absolute atomic E-state index is 11.7. The highest BCUT2D eigenvalue weighted by atomic mass is 32.1. The van der Waals surface area contributed by atoms with Crippen LogP contribution in [0.1, 0.15) is 13.3 Å². The summed E-state index contributed by atoms with van der Waals surface area (Å²) in [6.07, 6.45) is 0.921.